The molecule has 0 spiro atoms. The maximum absolute atomic E-state index is 10.9. The second kappa shape index (κ2) is 6.70. The molecule has 0 heterocycles. The smallest absolute Gasteiger partial charge is 0.312 e. The lowest BCUT2D eigenvalue weighted by molar-refractivity contribution is -0.138. The minimum atomic E-state index is -1.02. The quantitative estimate of drug-likeness (QED) is 0.398. The van der Waals surface area contributed by atoms with Crippen molar-refractivity contribution in [2.45, 2.75) is 12.8 Å². The SMILES string of the molecule is NC(=O)NCCNC(=O)CCC(=O)O. The monoisotopic (exact) mass is 203 g/mol. The summed E-state index contributed by atoms with van der Waals surface area (Å²) in [6.07, 6.45) is -0.263. The predicted molar refractivity (Wildman–Crippen MR) is 47.5 cm³/mol. The number of rotatable bonds is 6. The normalized spacial score (nSPS) is 9.14. The van der Waals surface area contributed by atoms with E-state index in [1.54, 1.807) is 0 Å². The zero-order valence-corrected chi connectivity index (χ0v) is 7.58. The van der Waals surface area contributed by atoms with Crippen molar-refractivity contribution in [2.75, 3.05) is 13.1 Å². The molecule has 0 rings (SSSR count). The predicted octanol–water partition coefficient (Wildman–Crippen LogP) is -1.36. The van der Waals surface area contributed by atoms with Crippen molar-refractivity contribution < 1.29 is 19.5 Å². The van der Waals surface area contributed by atoms with Gasteiger partial charge in [-0.3, -0.25) is 9.59 Å². The number of carboxylic acids is 1. The molecule has 0 aromatic heterocycles. The van der Waals surface area contributed by atoms with E-state index in [2.05, 4.69) is 10.6 Å². The Hall–Kier alpha value is -1.79. The number of aliphatic carboxylic acids is 1. The van der Waals surface area contributed by atoms with E-state index < -0.39 is 12.0 Å². The lowest BCUT2D eigenvalue weighted by Crippen LogP contribution is -2.37. The van der Waals surface area contributed by atoms with Gasteiger partial charge in [-0.05, 0) is 0 Å². The van der Waals surface area contributed by atoms with Gasteiger partial charge < -0.3 is 21.5 Å². The van der Waals surface area contributed by atoms with Gasteiger partial charge in [-0.2, -0.15) is 0 Å². The second-order valence-electron chi connectivity index (χ2n) is 2.53. The van der Waals surface area contributed by atoms with Gasteiger partial charge in [0, 0.05) is 19.5 Å². The molecule has 7 nitrogen and oxygen atoms in total. The Kier molecular flexibility index (Phi) is 5.84. The molecule has 0 aliphatic heterocycles. The third kappa shape index (κ3) is 8.31. The van der Waals surface area contributed by atoms with E-state index in [9.17, 15) is 14.4 Å². The van der Waals surface area contributed by atoms with Gasteiger partial charge in [-0.15, -0.1) is 0 Å². The summed E-state index contributed by atoms with van der Waals surface area (Å²) in [6, 6.07) is -0.662. The van der Waals surface area contributed by atoms with Gasteiger partial charge in [0.05, 0.1) is 6.42 Å². The summed E-state index contributed by atoms with van der Waals surface area (Å²) in [4.78, 5) is 31.1. The molecule has 0 radical (unpaired) electrons. The zero-order chi connectivity index (χ0) is 11.0. The van der Waals surface area contributed by atoms with Gasteiger partial charge in [-0.25, -0.2) is 4.79 Å². The molecule has 0 bridgehead atoms. The van der Waals surface area contributed by atoms with Crippen LogP contribution in [0.4, 0.5) is 4.79 Å². The molecule has 3 amide bonds. The van der Waals surface area contributed by atoms with Crippen LogP contribution in [-0.4, -0.2) is 36.1 Å². The van der Waals surface area contributed by atoms with Gasteiger partial charge in [0.2, 0.25) is 5.91 Å². The van der Waals surface area contributed by atoms with Crippen molar-refractivity contribution in [1.29, 1.82) is 0 Å². The first-order valence-electron chi connectivity index (χ1n) is 4.04. The van der Waals surface area contributed by atoms with Crippen LogP contribution < -0.4 is 16.4 Å². The van der Waals surface area contributed by atoms with Crippen LogP contribution in [0.5, 0.6) is 0 Å². The first kappa shape index (κ1) is 12.2. The summed E-state index contributed by atoms with van der Waals surface area (Å²) in [5.41, 5.74) is 4.77. The molecule has 0 saturated heterocycles. The molecule has 7 heteroatoms. The van der Waals surface area contributed by atoms with Gasteiger partial charge in [0.15, 0.2) is 0 Å². The van der Waals surface area contributed by atoms with E-state index >= 15 is 0 Å². The minimum absolute atomic E-state index is 0.0636. The van der Waals surface area contributed by atoms with E-state index in [-0.39, 0.29) is 31.8 Å². The molecular weight excluding hydrogens is 190 g/mol. The summed E-state index contributed by atoms with van der Waals surface area (Å²) in [7, 11) is 0. The van der Waals surface area contributed by atoms with Gasteiger partial charge in [0.1, 0.15) is 0 Å². The number of nitrogens with one attached hydrogen (secondary N) is 2. The highest BCUT2D eigenvalue weighted by Gasteiger charge is 2.03. The largest absolute Gasteiger partial charge is 0.481 e. The van der Waals surface area contributed by atoms with Crippen molar-refractivity contribution in [3.8, 4) is 0 Å². The summed E-state index contributed by atoms with van der Waals surface area (Å²) in [5.74, 6) is -1.38. The number of primary amides is 1. The van der Waals surface area contributed by atoms with Gasteiger partial charge in [-0.1, -0.05) is 0 Å². The van der Waals surface area contributed by atoms with Gasteiger partial charge >= 0.3 is 12.0 Å². The molecule has 0 saturated carbocycles. The zero-order valence-electron chi connectivity index (χ0n) is 7.58. The topological polar surface area (TPSA) is 122 Å². The first-order chi connectivity index (χ1) is 6.52. The van der Waals surface area contributed by atoms with Crippen LogP contribution in [0.25, 0.3) is 0 Å². The highest BCUT2D eigenvalue weighted by atomic mass is 16.4. The fraction of sp³-hybridized carbons (Fsp3) is 0.571. The van der Waals surface area contributed by atoms with Crippen LogP contribution in [0.15, 0.2) is 0 Å². The number of hydrogen-bond donors (Lipinski definition) is 4. The van der Waals surface area contributed by atoms with E-state index in [1.165, 1.54) is 0 Å². The second-order valence-corrected chi connectivity index (χ2v) is 2.53. The number of urea groups is 1. The third-order valence-corrected chi connectivity index (χ3v) is 1.31. The van der Waals surface area contributed by atoms with Crippen LogP contribution in [0.2, 0.25) is 0 Å². The maximum atomic E-state index is 10.9. The van der Waals surface area contributed by atoms with Crippen LogP contribution >= 0.6 is 0 Å². The Labute approximate surface area is 80.6 Å². The average Bonchev–Trinajstić information content (AvgIpc) is 2.08. The van der Waals surface area contributed by atoms with Crippen molar-refractivity contribution in [1.82, 2.24) is 10.6 Å². The fourth-order valence-electron chi connectivity index (χ4n) is 0.696. The van der Waals surface area contributed by atoms with E-state index in [0.717, 1.165) is 0 Å². The highest BCUT2D eigenvalue weighted by Crippen LogP contribution is 1.87. The van der Waals surface area contributed by atoms with Gasteiger partial charge in [0.25, 0.3) is 0 Å². The Morgan fingerprint density at radius 3 is 2.14 bits per heavy atom. The minimum Gasteiger partial charge on any atom is -0.481 e. The molecular formula is C7H13N3O4. The average molecular weight is 203 g/mol. The number of carboxylic acid groups (broad SMARTS) is 1. The Morgan fingerprint density at radius 1 is 1.07 bits per heavy atom. The van der Waals surface area contributed by atoms with Crippen molar-refractivity contribution >= 4 is 17.9 Å². The molecule has 0 fully saturated rings. The lowest BCUT2D eigenvalue weighted by atomic mass is 10.3. The van der Waals surface area contributed by atoms with Crippen molar-refractivity contribution in [2.24, 2.45) is 5.73 Å². The molecule has 80 valence electrons. The van der Waals surface area contributed by atoms with Crippen LogP contribution in [0, 0.1) is 0 Å². The van der Waals surface area contributed by atoms with Crippen LogP contribution in [0.3, 0.4) is 0 Å². The fourth-order valence-corrected chi connectivity index (χ4v) is 0.696. The van der Waals surface area contributed by atoms with Crippen molar-refractivity contribution in [3.63, 3.8) is 0 Å². The summed E-state index contributed by atoms with van der Waals surface area (Å²) < 4.78 is 0. The van der Waals surface area contributed by atoms with Crippen LogP contribution in [-0.2, 0) is 9.59 Å². The van der Waals surface area contributed by atoms with Crippen LogP contribution in [0.1, 0.15) is 12.8 Å². The first-order valence-corrected chi connectivity index (χ1v) is 4.04. The molecule has 14 heavy (non-hydrogen) atoms. The lowest BCUT2D eigenvalue weighted by Gasteiger charge is -2.03. The Morgan fingerprint density at radius 2 is 1.64 bits per heavy atom. The highest BCUT2D eigenvalue weighted by molar-refractivity contribution is 5.80. The third-order valence-electron chi connectivity index (χ3n) is 1.31. The van der Waals surface area contributed by atoms with Crippen molar-refractivity contribution in [3.05, 3.63) is 0 Å². The molecule has 0 aliphatic rings. The summed E-state index contributed by atoms with van der Waals surface area (Å²) in [6.45, 7) is 0.468. The van der Waals surface area contributed by atoms with E-state index in [0.29, 0.717) is 0 Å². The molecule has 0 aromatic rings. The number of nitrogens with two attached hydrogens (primary N) is 1. The molecule has 0 unspecified atom stereocenters. The number of amides is 3. The maximum Gasteiger partial charge on any atom is 0.312 e. The molecule has 0 aliphatic carbocycles. The van der Waals surface area contributed by atoms with E-state index in [1.807, 2.05) is 0 Å². The summed E-state index contributed by atoms with van der Waals surface area (Å²) >= 11 is 0. The Balaban J connectivity index is 3.36. The number of carbonyl (C=O) groups excluding carboxylic acids is 2. The Bertz CT molecular complexity index is 229. The number of hydrogen-bond acceptors (Lipinski definition) is 3. The number of carbonyl (C=O) groups is 3. The molecule has 0 atom stereocenters. The molecule has 0 aromatic carbocycles. The van der Waals surface area contributed by atoms with E-state index in [4.69, 9.17) is 10.8 Å². The molecule has 5 N–H and O–H groups in total. The summed E-state index contributed by atoms with van der Waals surface area (Å²) in [5, 5.41) is 12.9. The standard InChI is InChI=1S/C7H13N3O4/c8-7(14)10-4-3-9-5(11)1-2-6(12)13/h1-4H2,(H,9,11)(H,12,13)(H3,8,10,14).